The summed E-state index contributed by atoms with van der Waals surface area (Å²) in [5, 5.41) is 0. The van der Waals surface area contributed by atoms with E-state index < -0.39 is 0 Å². The molecule has 0 bridgehead atoms. The first-order chi connectivity index (χ1) is 7.19. The monoisotopic (exact) mass is 208 g/mol. The molecule has 2 nitrogen and oxygen atoms in total. The van der Waals surface area contributed by atoms with E-state index in [0.29, 0.717) is 22.5 Å². The van der Waals surface area contributed by atoms with Crippen LogP contribution >= 0.6 is 0 Å². The van der Waals surface area contributed by atoms with E-state index >= 15 is 0 Å². The molecule has 84 valence electrons. The first kappa shape index (κ1) is 9.83. The van der Waals surface area contributed by atoms with Crippen molar-refractivity contribution in [1.82, 2.24) is 0 Å². The summed E-state index contributed by atoms with van der Waals surface area (Å²) in [7, 11) is 0. The molecule has 3 atom stereocenters. The number of hydrogen-bond donors (Lipinski definition) is 0. The molecule has 0 amide bonds. The van der Waals surface area contributed by atoms with Crippen molar-refractivity contribution < 1.29 is 9.53 Å². The highest BCUT2D eigenvalue weighted by molar-refractivity contribution is 5.80. The summed E-state index contributed by atoms with van der Waals surface area (Å²) < 4.78 is 5.77. The van der Waals surface area contributed by atoms with Gasteiger partial charge < -0.3 is 4.74 Å². The van der Waals surface area contributed by atoms with Crippen molar-refractivity contribution in [3.05, 3.63) is 0 Å². The summed E-state index contributed by atoms with van der Waals surface area (Å²) in [6, 6.07) is 0. The maximum atomic E-state index is 11.8. The van der Waals surface area contributed by atoms with Crippen LogP contribution in [0.4, 0.5) is 0 Å². The van der Waals surface area contributed by atoms with Crippen LogP contribution in [0.25, 0.3) is 0 Å². The Hall–Kier alpha value is -0.370. The molecule has 2 aliphatic carbocycles. The summed E-state index contributed by atoms with van der Waals surface area (Å²) in [5.41, 5.74) is 0.694. The molecule has 0 aromatic heterocycles. The highest BCUT2D eigenvalue weighted by Crippen LogP contribution is 2.65. The molecule has 1 heterocycles. The molecule has 0 N–H and O–H groups in total. The Morgan fingerprint density at radius 2 is 2.20 bits per heavy atom. The van der Waals surface area contributed by atoms with E-state index in [1.165, 1.54) is 19.3 Å². The first-order valence-electron chi connectivity index (χ1n) is 6.28. The lowest BCUT2D eigenvalue weighted by Gasteiger charge is -2.55. The van der Waals surface area contributed by atoms with Crippen molar-refractivity contribution >= 4 is 5.78 Å². The Morgan fingerprint density at radius 1 is 1.33 bits per heavy atom. The normalized spacial score (nSPS) is 49.9. The van der Waals surface area contributed by atoms with E-state index in [0.717, 1.165) is 32.5 Å². The highest BCUT2D eigenvalue weighted by atomic mass is 16.5. The third-order valence-corrected chi connectivity index (χ3v) is 5.42. The van der Waals surface area contributed by atoms with Crippen LogP contribution in [-0.4, -0.2) is 19.0 Å². The van der Waals surface area contributed by atoms with E-state index in [9.17, 15) is 4.79 Å². The molecule has 0 aromatic rings. The number of carbonyl (C=O) groups excluding carboxylic acids is 1. The van der Waals surface area contributed by atoms with Crippen molar-refractivity contribution in [3.63, 3.8) is 0 Å². The molecule has 3 aliphatic rings. The Morgan fingerprint density at radius 3 is 3.07 bits per heavy atom. The topological polar surface area (TPSA) is 26.3 Å². The number of ketones is 1. The van der Waals surface area contributed by atoms with Gasteiger partial charge in [-0.2, -0.15) is 0 Å². The zero-order valence-corrected chi connectivity index (χ0v) is 9.55. The molecule has 0 aromatic carbocycles. The molecular weight excluding hydrogens is 188 g/mol. The van der Waals surface area contributed by atoms with Gasteiger partial charge in [-0.25, -0.2) is 0 Å². The fourth-order valence-corrected chi connectivity index (χ4v) is 4.55. The van der Waals surface area contributed by atoms with E-state index in [4.69, 9.17) is 4.74 Å². The predicted molar refractivity (Wildman–Crippen MR) is 57.6 cm³/mol. The van der Waals surface area contributed by atoms with Crippen LogP contribution in [0.5, 0.6) is 0 Å². The minimum absolute atomic E-state index is 0.320. The highest BCUT2D eigenvalue weighted by Gasteiger charge is 2.61. The van der Waals surface area contributed by atoms with Gasteiger partial charge >= 0.3 is 0 Å². The fraction of sp³-hybridized carbons (Fsp3) is 0.923. The molecule has 3 fully saturated rings. The standard InChI is InChI=1S/C13H20O2/c1-10-8-15-9-12-4-2-5-13(10,12)7-11(14)3-6-12/h10H,2-9H2,1H3/t10-,12+,13-/m0/s1. The van der Waals surface area contributed by atoms with E-state index in [2.05, 4.69) is 6.92 Å². The maximum Gasteiger partial charge on any atom is 0.133 e. The van der Waals surface area contributed by atoms with Gasteiger partial charge in [0.25, 0.3) is 0 Å². The predicted octanol–water partition coefficient (Wildman–Crippen LogP) is 2.56. The molecule has 0 spiro atoms. The van der Waals surface area contributed by atoms with Crippen LogP contribution in [0.1, 0.15) is 45.4 Å². The minimum atomic E-state index is 0.320. The van der Waals surface area contributed by atoms with Crippen LogP contribution in [0, 0.1) is 16.7 Å². The van der Waals surface area contributed by atoms with Crippen LogP contribution < -0.4 is 0 Å². The second kappa shape index (κ2) is 3.07. The average molecular weight is 208 g/mol. The van der Waals surface area contributed by atoms with Crippen LogP contribution in [0.2, 0.25) is 0 Å². The number of hydrogen-bond acceptors (Lipinski definition) is 2. The third-order valence-electron chi connectivity index (χ3n) is 5.42. The SMILES string of the molecule is C[C@H]1COC[C@]23CCC[C@]12CC(=O)CC3. The van der Waals surface area contributed by atoms with Crippen molar-refractivity contribution in [2.45, 2.75) is 45.4 Å². The summed E-state index contributed by atoms with van der Waals surface area (Å²) in [5.74, 6) is 1.08. The zero-order valence-electron chi connectivity index (χ0n) is 9.55. The molecule has 0 unspecified atom stereocenters. The van der Waals surface area contributed by atoms with Crippen molar-refractivity contribution in [3.8, 4) is 0 Å². The van der Waals surface area contributed by atoms with Gasteiger partial charge in [0.05, 0.1) is 6.61 Å². The Bertz CT molecular complexity index is 299. The molecular formula is C13H20O2. The molecule has 2 saturated carbocycles. The molecule has 15 heavy (non-hydrogen) atoms. The Kier molecular flexibility index (Phi) is 2.01. The number of carbonyl (C=O) groups is 1. The summed E-state index contributed by atoms with van der Waals surface area (Å²) in [4.78, 5) is 11.8. The van der Waals surface area contributed by atoms with Crippen LogP contribution in [0.15, 0.2) is 0 Å². The molecule has 3 rings (SSSR count). The van der Waals surface area contributed by atoms with Crippen molar-refractivity contribution in [2.24, 2.45) is 16.7 Å². The third kappa shape index (κ3) is 1.12. The van der Waals surface area contributed by atoms with E-state index in [1.54, 1.807) is 0 Å². The van der Waals surface area contributed by atoms with Gasteiger partial charge in [0.15, 0.2) is 0 Å². The lowest BCUT2D eigenvalue weighted by molar-refractivity contribution is -0.165. The molecule has 1 saturated heterocycles. The van der Waals surface area contributed by atoms with Gasteiger partial charge in [-0.3, -0.25) is 4.79 Å². The van der Waals surface area contributed by atoms with Gasteiger partial charge in [0.1, 0.15) is 5.78 Å². The largest absolute Gasteiger partial charge is 0.381 e. The van der Waals surface area contributed by atoms with Crippen molar-refractivity contribution in [2.75, 3.05) is 13.2 Å². The van der Waals surface area contributed by atoms with Gasteiger partial charge in [0.2, 0.25) is 0 Å². The van der Waals surface area contributed by atoms with Gasteiger partial charge in [-0.15, -0.1) is 0 Å². The minimum Gasteiger partial charge on any atom is -0.381 e. The van der Waals surface area contributed by atoms with E-state index in [-0.39, 0.29) is 0 Å². The summed E-state index contributed by atoms with van der Waals surface area (Å²) in [6.07, 6.45) is 6.61. The Balaban J connectivity index is 2.03. The van der Waals surface area contributed by atoms with Crippen molar-refractivity contribution in [1.29, 1.82) is 0 Å². The lowest BCUT2D eigenvalue weighted by Crippen LogP contribution is -2.54. The number of rotatable bonds is 0. The average Bonchev–Trinajstić information content (AvgIpc) is 2.59. The lowest BCUT2D eigenvalue weighted by atomic mass is 9.52. The molecule has 2 heteroatoms. The summed E-state index contributed by atoms with van der Waals surface area (Å²) in [6.45, 7) is 4.08. The van der Waals surface area contributed by atoms with Gasteiger partial charge in [0, 0.05) is 24.9 Å². The second-order valence-electron chi connectivity index (χ2n) is 5.92. The van der Waals surface area contributed by atoms with Gasteiger partial charge in [-0.1, -0.05) is 13.3 Å². The molecule has 1 aliphatic heterocycles. The van der Waals surface area contributed by atoms with Crippen LogP contribution in [0.3, 0.4) is 0 Å². The zero-order chi connectivity index (χ0) is 10.5. The number of ether oxygens (including phenoxy) is 1. The molecule has 0 radical (unpaired) electrons. The van der Waals surface area contributed by atoms with E-state index in [1.807, 2.05) is 0 Å². The maximum absolute atomic E-state index is 11.8. The van der Waals surface area contributed by atoms with Gasteiger partial charge in [-0.05, 0) is 30.6 Å². The smallest absolute Gasteiger partial charge is 0.133 e. The summed E-state index contributed by atoms with van der Waals surface area (Å²) >= 11 is 0. The fourth-order valence-electron chi connectivity index (χ4n) is 4.55. The Labute approximate surface area is 91.4 Å². The quantitative estimate of drug-likeness (QED) is 0.611. The van der Waals surface area contributed by atoms with Crippen LogP contribution in [-0.2, 0) is 9.53 Å². The second-order valence-corrected chi connectivity index (χ2v) is 5.92. The number of Topliss-reactive ketones (excluding diaryl/α,β-unsaturated/α-hetero) is 1. The first-order valence-corrected chi connectivity index (χ1v) is 6.28.